The van der Waals surface area contributed by atoms with E-state index in [-0.39, 0.29) is 0 Å². The molecule has 0 radical (unpaired) electrons. The van der Waals surface area contributed by atoms with E-state index in [9.17, 15) is 0 Å². The van der Waals surface area contributed by atoms with E-state index in [4.69, 9.17) is 0 Å². The SMILES string of the molecule is C1=CC=C(c2cccc3nc[nH]c23)NC=C1. The molecule has 1 aromatic carbocycles. The Bertz CT molecular complexity index is 602. The van der Waals surface area contributed by atoms with Crippen LogP contribution < -0.4 is 5.32 Å². The Balaban J connectivity index is 2.18. The van der Waals surface area contributed by atoms with Gasteiger partial charge in [-0.3, -0.25) is 0 Å². The van der Waals surface area contributed by atoms with Crippen molar-refractivity contribution in [2.24, 2.45) is 0 Å². The molecule has 0 atom stereocenters. The molecule has 0 aliphatic carbocycles. The monoisotopic (exact) mass is 209 g/mol. The van der Waals surface area contributed by atoms with Crippen molar-refractivity contribution in [3.05, 3.63) is 60.6 Å². The first kappa shape index (κ1) is 8.97. The first-order chi connectivity index (χ1) is 7.95. The minimum atomic E-state index is 0.984. The molecule has 1 aromatic heterocycles. The summed E-state index contributed by atoms with van der Waals surface area (Å²) in [6.45, 7) is 0. The molecule has 1 aliphatic heterocycles. The smallest absolute Gasteiger partial charge is 0.0932 e. The summed E-state index contributed by atoms with van der Waals surface area (Å²) < 4.78 is 0. The number of aromatic amines is 1. The summed E-state index contributed by atoms with van der Waals surface area (Å²) in [6, 6.07) is 6.09. The molecule has 0 saturated carbocycles. The third-order valence-corrected chi connectivity index (χ3v) is 2.57. The summed E-state index contributed by atoms with van der Waals surface area (Å²) in [5.74, 6) is 0. The van der Waals surface area contributed by atoms with Crippen molar-refractivity contribution in [3.63, 3.8) is 0 Å². The molecule has 0 bridgehead atoms. The first-order valence-corrected chi connectivity index (χ1v) is 5.18. The highest BCUT2D eigenvalue weighted by Crippen LogP contribution is 2.21. The highest BCUT2D eigenvalue weighted by Gasteiger charge is 2.06. The fraction of sp³-hybridized carbons (Fsp3) is 0. The fourth-order valence-corrected chi connectivity index (χ4v) is 1.82. The first-order valence-electron chi connectivity index (χ1n) is 5.18. The van der Waals surface area contributed by atoms with E-state index in [1.165, 1.54) is 0 Å². The maximum absolute atomic E-state index is 4.25. The number of aromatic nitrogens is 2. The molecule has 0 fully saturated rings. The molecule has 0 spiro atoms. The van der Waals surface area contributed by atoms with Gasteiger partial charge in [-0.25, -0.2) is 4.98 Å². The molecule has 0 amide bonds. The standard InChI is InChI=1S/C13H11N3/c1-2-6-11(14-8-3-1)10-5-4-7-12-13(10)16-9-15-12/h1-9,14H,(H,15,16). The van der Waals surface area contributed by atoms with Crippen molar-refractivity contribution < 1.29 is 0 Å². The third-order valence-electron chi connectivity index (χ3n) is 2.57. The number of hydrogen-bond acceptors (Lipinski definition) is 2. The Morgan fingerprint density at radius 2 is 2.06 bits per heavy atom. The van der Waals surface area contributed by atoms with E-state index in [1.807, 2.05) is 36.6 Å². The maximum atomic E-state index is 4.25. The summed E-state index contributed by atoms with van der Waals surface area (Å²) >= 11 is 0. The molecule has 3 heteroatoms. The summed E-state index contributed by atoms with van der Waals surface area (Å²) in [4.78, 5) is 7.42. The van der Waals surface area contributed by atoms with E-state index in [0.717, 1.165) is 22.3 Å². The highest BCUT2D eigenvalue weighted by atomic mass is 14.9. The number of imidazole rings is 1. The molecule has 0 saturated heterocycles. The van der Waals surface area contributed by atoms with Gasteiger partial charge < -0.3 is 10.3 Å². The van der Waals surface area contributed by atoms with Crippen molar-refractivity contribution >= 4 is 16.7 Å². The van der Waals surface area contributed by atoms with Gasteiger partial charge in [0, 0.05) is 17.5 Å². The zero-order valence-electron chi connectivity index (χ0n) is 8.64. The molecule has 3 rings (SSSR count). The Morgan fingerprint density at radius 1 is 1.06 bits per heavy atom. The van der Waals surface area contributed by atoms with Crippen molar-refractivity contribution in [3.8, 4) is 0 Å². The lowest BCUT2D eigenvalue weighted by atomic mass is 10.1. The Morgan fingerprint density at radius 3 is 3.06 bits per heavy atom. The van der Waals surface area contributed by atoms with Crippen LogP contribution in [0.3, 0.4) is 0 Å². The molecule has 3 nitrogen and oxygen atoms in total. The second kappa shape index (κ2) is 3.70. The molecule has 2 N–H and O–H groups in total. The minimum absolute atomic E-state index is 0.984. The summed E-state index contributed by atoms with van der Waals surface area (Å²) in [5.41, 5.74) is 4.24. The fourth-order valence-electron chi connectivity index (χ4n) is 1.82. The third kappa shape index (κ3) is 1.42. The van der Waals surface area contributed by atoms with E-state index in [2.05, 4.69) is 27.4 Å². The van der Waals surface area contributed by atoms with Gasteiger partial charge in [0.05, 0.1) is 17.4 Å². The molecule has 0 unspecified atom stereocenters. The van der Waals surface area contributed by atoms with Gasteiger partial charge in [0.2, 0.25) is 0 Å². The lowest BCUT2D eigenvalue weighted by Gasteiger charge is -2.07. The number of para-hydroxylation sites is 1. The van der Waals surface area contributed by atoms with E-state index in [1.54, 1.807) is 6.33 Å². The lowest BCUT2D eigenvalue weighted by Crippen LogP contribution is -2.03. The number of allylic oxidation sites excluding steroid dienone is 4. The molecule has 2 aromatic rings. The predicted molar refractivity (Wildman–Crippen MR) is 65.5 cm³/mol. The van der Waals surface area contributed by atoms with Gasteiger partial charge in [0.1, 0.15) is 0 Å². The number of hydrogen-bond donors (Lipinski definition) is 2. The largest absolute Gasteiger partial charge is 0.361 e. The van der Waals surface area contributed by atoms with E-state index >= 15 is 0 Å². The Hall–Kier alpha value is -2.29. The van der Waals surface area contributed by atoms with Crippen LogP contribution in [-0.4, -0.2) is 9.97 Å². The van der Waals surface area contributed by atoms with Crippen LogP contribution in [0.1, 0.15) is 5.56 Å². The Kier molecular flexibility index (Phi) is 2.07. The molecular weight excluding hydrogens is 198 g/mol. The predicted octanol–water partition coefficient (Wildman–Crippen LogP) is 2.58. The number of H-pyrrole nitrogens is 1. The normalized spacial score (nSPS) is 14.6. The number of benzene rings is 1. The minimum Gasteiger partial charge on any atom is -0.361 e. The van der Waals surface area contributed by atoms with Gasteiger partial charge in [0.15, 0.2) is 0 Å². The number of nitrogens with zero attached hydrogens (tertiary/aromatic N) is 1. The second-order valence-corrected chi connectivity index (χ2v) is 3.57. The summed E-state index contributed by atoms with van der Waals surface area (Å²) in [5, 5.41) is 3.25. The van der Waals surface area contributed by atoms with Crippen LogP contribution in [-0.2, 0) is 0 Å². The topological polar surface area (TPSA) is 40.7 Å². The van der Waals surface area contributed by atoms with Crippen LogP contribution in [0, 0.1) is 0 Å². The zero-order chi connectivity index (χ0) is 10.8. The molecule has 78 valence electrons. The lowest BCUT2D eigenvalue weighted by molar-refractivity contribution is 1.22. The number of rotatable bonds is 1. The van der Waals surface area contributed by atoms with E-state index in [0.29, 0.717) is 0 Å². The van der Waals surface area contributed by atoms with Gasteiger partial charge in [-0.15, -0.1) is 0 Å². The van der Waals surface area contributed by atoms with Crippen LogP contribution in [0.15, 0.2) is 55.0 Å². The van der Waals surface area contributed by atoms with Crippen molar-refractivity contribution in [2.75, 3.05) is 0 Å². The number of fused-ring (bicyclic) bond motifs is 1. The van der Waals surface area contributed by atoms with Crippen LogP contribution >= 0.6 is 0 Å². The van der Waals surface area contributed by atoms with Gasteiger partial charge in [0.25, 0.3) is 0 Å². The number of nitrogens with one attached hydrogen (secondary N) is 2. The molecular formula is C13H11N3. The molecule has 16 heavy (non-hydrogen) atoms. The quantitative estimate of drug-likeness (QED) is 0.757. The van der Waals surface area contributed by atoms with Gasteiger partial charge in [-0.05, 0) is 18.2 Å². The van der Waals surface area contributed by atoms with Gasteiger partial charge >= 0.3 is 0 Å². The maximum Gasteiger partial charge on any atom is 0.0932 e. The molecule has 1 aliphatic rings. The summed E-state index contributed by atoms with van der Waals surface area (Å²) in [6.07, 6.45) is 11.7. The second-order valence-electron chi connectivity index (χ2n) is 3.57. The van der Waals surface area contributed by atoms with Crippen molar-refractivity contribution in [2.45, 2.75) is 0 Å². The van der Waals surface area contributed by atoms with Crippen LogP contribution in [0.25, 0.3) is 16.7 Å². The Labute approximate surface area is 93.2 Å². The average molecular weight is 209 g/mol. The average Bonchev–Trinajstić information content (AvgIpc) is 2.63. The van der Waals surface area contributed by atoms with E-state index < -0.39 is 0 Å². The summed E-state index contributed by atoms with van der Waals surface area (Å²) in [7, 11) is 0. The molecule has 2 heterocycles. The van der Waals surface area contributed by atoms with Crippen LogP contribution in [0.4, 0.5) is 0 Å². The highest BCUT2D eigenvalue weighted by molar-refractivity contribution is 5.89. The van der Waals surface area contributed by atoms with Crippen molar-refractivity contribution in [1.82, 2.24) is 15.3 Å². The van der Waals surface area contributed by atoms with Crippen molar-refractivity contribution in [1.29, 1.82) is 0 Å². The van der Waals surface area contributed by atoms with Crippen LogP contribution in [0.2, 0.25) is 0 Å². The zero-order valence-corrected chi connectivity index (χ0v) is 8.64. The van der Waals surface area contributed by atoms with Crippen LogP contribution in [0.5, 0.6) is 0 Å². The van der Waals surface area contributed by atoms with Gasteiger partial charge in [-0.1, -0.05) is 24.3 Å². The van der Waals surface area contributed by atoms with Gasteiger partial charge in [-0.2, -0.15) is 0 Å².